The van der Waals surface area contributed by atoms with Crippen LogP contribution in [0.5, 0.6) is 0 Å². The molecule has 0 radical (unpaired) electrons. The summed E-state index contributed by atoms with van der Waals surface area (Å²) in [6.45, 7) is 1.70. The van der Waals surface area contributed by atoms with Gasteiger partial charge in [-0.2, -0.15) is 10.2 Å². The Morgan fingerprint density at radius 1 is 1.57 bits per heavy atom. The van der Waals surface area contributed by atoms with Crippen LogP contribution in [-0.4, -0.2) is 11.9 Å². The zero-order chi connectivity index (χ0) is 5.70. The van der Waals surface area contributed by atoms with E-state index in [1.54, 1.807) is 6.92 Å². The lowest BCUT2D eigenvalue weighted by Gasteiger charge is -1.79. The molecule has 0 amide bonds. The van der Waals surface area contributed by atoms with E-state index < -0.39 is 0 Å². The monoisotopic (exact) mass is 100 g/mol. The van der Waals surface area contributed by atoms with E-state index in [4.69, 9.17) is 11.7 Å². The minimum Gasteiger partial charge on any atom is -0.323 e. The van der Waals surface area contributed by atoms with E-state index in [2.05, 4.69) is 10.2 Å². The van der Waals surface area contributed by atoms with Crippen molar-refractivity contribution in [3.63, 3.8) is 0 Å². The molecule has 0 unspecified atom stereocenters. The van der Waals surface area contributed by atoms with Crippen molar-refractivity contribution in [2.75, 3.05) is 0 Å². The first-order valence-corrected chi connectivity index (χ1v) is 1.79. The second kappa shape index (κ2) is 3.14. The largest absolute Gasteiger partial charge is 0.323 e. The molecule has 0 rings (SSSR count). The third kappa shape index (κ3) is 2.75. The van der Waals surface area contributed by atoms with E-state index in [0.29, 0.717) is 5.71 Å². The molecule has 0 aliphatic heterocycles. The molecule has 0 heterocycles. The molecule has 4 N–H and O–H groups in total. The van der Waals surface area contributed by atoms with Gasteiger partial charge in [0.05, 0.1) is 11.9 Å². The highest BCUT2D eigenvalue weighted by Gasteiger charge is 1.75. The van der Waals surface area contributed by atoms with Gasteiger partial charge in [0.25, 0.3) is 0 Å². The van der Waals surface area contributed by atoms with Gasteiger partial charge in [-0.05, 0) is 6.92 Å². The number of nitrogens with zero attached hydrogens (tertiary/aromatic N) is 2. The molecule has 0 saturated carbocycles. The van der Waals surface area contributed by atoms with Crippen LogP contribution in [0.25, 0.3) is 0 Å². The van der Waals surface area contributed by atoms with Crippen molar-refractivity contribution in [1.82, 2.24) is 0 Å². The molecule has 40 valence electrons. The van der Waals surface area contributed by atoms with E-state index in [0.717, 1.165) is 0 Å². The number of hydrazone groups is 2. The van der Waals surface area contributed by atoms with Crippen molar-refractivity contribution in [3.8, 4) is 0 Å². The molecule has 0 bridgehead atoms. The molecule has 0 fully saturated rings. The zero-order valence-electron chi connectivity index (χ0n) is 4.13. The van der Waals surface area contributed by atoms with Crippen LogP contribution in [0, 0.1) is 0 Å². The van der Waals surface area contributed by atoms with Crippen LogP contribution in [0.3, 0.4) is 0 Å². The van der Waals surface area contributed by atoms with Crippen molar-refractivity contribution < 1.29 is 0 Å². The van der Waals surface area contributed by atoms with Crippen LogP contribution in [0.2, 0.25) is 0 Å². The molecule has 0 aromatic carbocycles. The first kappa shape index (κ1) is 5.94. The summed E-state index contributed by atoms with van der Waals surface area (Å²) in [7, 11) is 0. The SMILES string of the molecule is CC(/C=N\N)=N/N. The van der Waals surface area contributed by atoms with Gasteiger partial charge in [0.1, 0.15) is 0 Å². The Kier molecular flexibility index (Phi) is 2.67. The Bertz CT molecular complexity index is 93.1. The topological polar surface area (TPSA) is 76.8 Å². The van der Waals surface area contributed by atoms with Gasteiger partial charge in [0.2, 0.25) is 0 Å². The molecule has 0 spiro atoms. The van der Waals surface area contributed by atoms with E-state index >= 15 is 0 Å². The molecular weight excluding hydrogens is 92.1 g/mol. The second-order valence-electron chi connectivity index (χ2n) is 1.05. The molecule has 0 atom stereocenters. The van der Waals surface area contributed by atoms with E-state index in [9.17, 15) is 0 Å². The van der Waals surface area contributed by atoms with E-state index in [1.165, 1.54) is 6.21 Å². The minimum atomic E-state index is 0.613. The van der Waals surface area contributed by atoms with Crippen molar-refractivity contribution in [2.45, 2.75) is 6.92 Å². The Balaban J connectivity index is 3.58. The lowest BCUT2D eigenvalue weighted by atomic mass is 10.5. The smallest absolute Gasteiger partial charge is 0.0769 e. The number of rotatable bonds is 1. The summed E-state index contributed by atoms with van der Waals surface area (Å²) in [4.78, 5) is 0. The van der Waals surface area contributed by atoms with E-state index in [1.807, 2.05) is 0 Å². The maximum absolute atomic E-state index is 4.80. The summed E-state index contributed by atoms with van der Waals surface area (Å²) in [5, 5.41) is 6.44. The van der Waals surface area contributed by atoms with Crippen LogP contribution >= 0.6 is 0 Å². The number of hydrogen-bond donors (Lipinski definition) is 2. The zero-order valence-corrected chi connectivity index (χ0v) is 4.13. The fraction of sp³-hybridized carbons (Fsp3) is 0.333. The van der Waals surface area contributed by atoms with Crippen LogP contribution in [0.15, 0.2) is 10.2 Å². The summed E-state index contributed by atoms with van der Waals surface area (Å²) < 4.78 is 0. The summed E-state index contributed by atoms with van der Waals surface area (Å²) >= 11 is 0. The molecule has 0 aromatic rings. The molecule has 0 aromatic heterocycles. The quantitative estimate of drug-likeness (QED) is 0.259. The summed E-state index contributed by atoms with van der Waals surface area (Å²) in [6, 6.07) is 0. The molecule has 0 aliphatic rings. The Labute approximate surface area is 41.9 Å². The highest BCUT2D eigenvalue weighted by molar-refractivity contribution is 6.29. The van der Waals surface area contributed by atoms with Gasteiger partial charge in [-0.15, -0.1) is 0 Å². The molecule has 7 heavy (non-hydrogen) atoms. The van der Waals surface area contributed by atoms with Gasteiger partial charge in [-0.3, -0.25) is 0 Å². The van der Waals surface area contributed by atoms with Gasteiger partial charge < -0.3 is 11.7 Å². The standard InChI is InChI=1S/C3H8N4/c1-3(7-5)2-6-4/h2H,4-5H2,1H3/b6-2-,7-3-. The van der Waals surface area contributed by atoms with Crippen molar-refractivity contribution in [2.24, 2.45) is 21.9 Å². The van der Waals surface area contributed by atoms with Crippen molar-refractivity contribution >= 4 is 11.9 Å². The Morgan fingerprint density at radius 2 is 2.14 bits per heavy atom. The lowest BCUT2D eigenvalue weighted by molar-refractivity contribution is 1.24. The van der Waals surface area contributed by atoms with Gasteiger partial charge >= 0.3 is 0 Å². The second-order valence-corrected chi connectivity index (χ2v) is 1.05. The lowest BCUT2D eigenvalue weighted by Crippen LogP contribution is -1.98. The van der Waals surface area contributed by atoms with Gasteiger partial charge in [0, 0.05) is 0 Å². The number of hydrogen-bond acceptors (Lipinski definition) is 4. The summed E-state index contributed by atoms with van der Waals surface area (Å²) in [5.41, 5.74) is 0.613. The molecule has 4 heteroatoms. The Morgan fingerprint density at radius 3 is 2.29 bits per heavy atom. The van der Waals surface area contributed by atoms with E-state index in [-0.39, 0.29) is 0 Å². The maximum atomic E-state index is 4.80. The van der Waals surface area contributed by atoms with Gasteiger partial charge in [-0.25, -0.2) is 0 Å². The predicted octanol–water partition coefficient (Wildman–Crippen LogP) is -0.734. The first-order valence-electron chi connectivity index (χ1n) is 1.79. The number of nitrogens with two attached hydrogens (primary N) is 2. The van der Waals surface area contributed by atoms with Gasteiger partial charge in [0.15, 0.2) is 0 Å². The van der Waals surface area contributed by atoms with Crippen molar-refractivity contribution in [3.05, 3.63) is 0 Å². The molecular formula is C3H8N4. The van der Waals surface area contributed by atoms with Crippen molar-refractivity contribution in [1.29, 1.82) is 0 Å². The molecule has 0 aliphatic carbocycles. The fourth-order valence-electron chi connectivity index (χ4n) is 0.141. The third-order valence-electron chi connectivity index (χ3n) is 0.465. The van der Waals surface area contributed by atoms with Crippen LogP contribution in [-0.2, 0) is 0 Å². The molecule has 4 nitrogen and oxygen atoms in total. The summed E-state index contributed by atoms with van der Waals surface area (Å²) in [6.07, 6.45) is 1.38. The third-order valence-corrected chi connectivity index (χ3v) is 0.465. The van der Waals surface area contributed by atoms with Crippen LogP contribution in [0.1, 0.15) is 6.92 Å². The Hall–Kier alpha value is -1.06. The average Bonchev–Trinajstić information content (AvgIpc) is 1.68. The first-order chi connectivity index (χ1) is 3.31. The minimum absolute atomic E-state index is 0.613. The highest BCUT2D eigenvalue weighted by atomic mass is 15.1. The van der Waals surface area contributed by atoms with Crippen LogP contribution in [0.4, 0.5) is 0 Å². The fourth-order valence-corrected chi connectivity index (χ4v) is 0.141. The highest BCUT2D eigenvalue weighted by Crippen LogP contribution is 1.61. The molecule has 0 saturated heterocycles. The average molecular weight is 100 g/mol. The summed E-state index contributed by atoms with van der Waals surface area (Å²) in [5.74, 6) is 9.54. The normalized spacial score (nSPS) is 13.0. The predicted molar refractivity (Wildman–Crippen MR) is 30.0 cm³/mol. The van der Waals surface area contributed by atoms with Gasteiger partial charge in [-0.1, -0.05) is 0 Å². The van der Waals surface area contributed by atoms with Crippen LogP contribution < -0.4 is 11.7 Å². The maximum Gasteiger partial charge on any atom is 0.0769 e.